The van der Waals surface area contributed by atoms with Crippen molar-refractivity contribution in [3.63, 3.8) is 0 Å². The van der Waals surface area contributed by atoms with Crippen molar-refractivity contribution in [1.29, 1.82) is 0 Å². The number of thiophene rings is 1. The molecule has 6 heterocycles. The van der Waals surface area contributed by atoms with Crippen LogP contribution in [0.3, 0.4) is 0 Å². The maximum Gasteiger partial charge on any atom is 0.116 e. The van der Waals surface area contributed by atoms with Crippen LogP contribution in [-0.4, -0.2) is 36.2 Å². The Morgan fingerprint density at radius 1 is 0.912 bits per heavy atom. The number of aryl methyl sites for hydroxylation is 1. The van der Waals surface area contributed by atoms with Gasteiger partial charge in [-0.25, -0.2) is 0 Å². The minimum atomic E-state index is 0.326. The highest BCUT2D eigenvalue weighted by atomic mass is 32.1. The summed E-state index contributed by atoms with van der Waals surface area (Å²) in [4.78, 5) is 19.7. The number of pyridine rings is 3. The molecule has 0 bridgehead atoms. The second-order valence-electron chi connectivity index (χ2n) is 8.66. The Hall–Kier alpha value is -4.04. The van der Waals surface area contributed by atoms with E-state index in [4.69, 9.17) is 0 Å². The average molecular weight is 466 g/mol. The number of H-pyrrole nitrogens is 2. The summed E-state index contributed by atoms with van der Waals surface area (Å²) < 4.78 is 0. The lowest BCUT2D eigenvalue weighted by Crippen LogP contribution is -2.09. The fourth-order valence-corrected chi connectivity index (χ4v) is 5.09. The minimum absolute atomic E-state index is 0.326. The van der Waals surface area contributed by atoms with Crippen LogP contribution in [0.4, 0.5) is 5.69 Å². The van der Waals surface area contributed by atoms with E-state index in [0.29, 0.717) is 6.04 Å². The van der Waals surface area contributed by atoms with Crippen molar-refractivity contribution in [1.82, 2.24) is 30.1 Å². The van der Waals surface area contributed by atoms with Gasteiger partial charge in [-0.05, 0) is 57.2 Å². The van der Waals surface area contributed by atoms with E-state index in [9.17, 15) is 0 Å². The van der Waals surface area contributed by atoms with Gasteiger partial charge in [0.15, 0.2) is 0 Å². The lowest BCUT2D eigenvalue weighted by Gasteiger charge is -2.10. The molecule has 0 radical (unpaired) electrons. The van der Waals surface area contributed by atoms with Crippen molar-refractivity contribution in [2.45, 2.75) is 26.8 Å². The zero-order chi connectivity index (χ0) is 23.2. The van der Waals surface area contributed by atoms with Crippen LogP contribution in [0.5, 0.6) is 0 Å². The monoisotopic (exact) mass is 465 g/mol. The van der Waals surface area contributed by atoms with E-state index >= 15 is 0 Å². The number of hydrogen-bond acceptors (Lipinski definition) is 6. The highest BCUT2D eigenvalue weighted by Crippen LogP contribution is 2.36. The Morgan fingerprint density at radius 3 is 2.62 bits per heavy atom. The van der Waals surface area contributed by atoms with Crippen LogP contribution in [0, 0.1) is 6.92 Å². The molecule has 8 heteroatoms. The Labute approximate surface area is 200 Å². The number of aromatic amines is 2. The number of fused-ring (bicyclic) bond motifs is 2. The van der Waals surface area contributed by atoms with Crippen LogP contribution in [0.15, 0.2) is 61.2 Å². The molecule has 0 saturated heterocycles. The van der Waals surface area contributed by atoms with Gasteiger partial charge in [-0.15, -0.1) is 11.3 Å². The van der Waals surface area contributed by atoms with Gasteiger partial charge in [0.05, 0.1) is 39.4 Å². The molecule has 7 nitrogen and oxygen atoms in total. The molecule has 6 aromatic rings. The van der Waals surface area contributed by atoms with Crippen LogP contribution < -0.4 is 5.32 Å². The first kappa shape index (κ1) is 20.6. The number of aromatic nitrogens is 6. The third kappa shape index (κ3) is 3.62. The standard InChI is InChI=1S/C26H23N7S/c1-14(2)30-17-8-16(11-27-12-17)21-9-19-23(13-29-21)32-33-25(19)22-10-18-20(31-22)6-7-28-26(18)24-5-4-15(3)34-24/h4-14,30-31H,1-3H3,(H,32,33). The van der Waals surface area contributed by atoms with Gasteiger partial charge in [0.25, 0.3) is 0 Å². The zero-order valence-electron chi connectivity index (χ0n) is 19.0. The molecule has 34 heavy (non-hydrogen) atoms. The largest absolute Gasteiger partial charge is 0.382 e. The summed E-state index contributed by atoms with van der Waals surface area (Å²) in [5, 5.41) is 13.2. The Kier molecular flexibility index (Phi) is 4.88. The third-order valence-electron chi connectivity index (χ3n) is 5.71. The molecule has 0 saturated carbocycles. The van der Waals surface area contributed by atoms with E-state index in [1.807, 2.05) is 30.9 Å². The van der Waals surface area contributed by atoms with Gasteiger partial charge in [0.1, 0.15) is 5.69 Å². The number of anilines is 1. The Bertz CT molecular complexity index is 1640. The highest BCUT2D eigenvalue weighted by molar-refractivity contribution is 7.15. The number of rotatable bonds is 5. The van der Waals surface area contributed by atoms with Crippen LogP contribution >= 0.6 is 11.3 Å². The molecule has 0 aromatic carbocycles. The van der Waals surface area contributed by atoms with E-state index in [-0.39, 0.29) is 0 Å². The lowest BCUT2D eigenvalue weighted by atomic mass is 10.1. The van der Waals surface area contributed by atoms with Crippen molar-refractivity contribution in [2.75, 3.05) is 5.32 Å². The number of nitrogens with zero attached hydrogens (tertiary/aromatic N) is 4. The summed E-state index contributed by atoms with van der Waals surface area (Å²) in [6, 6.07) is 12.9. The first-order valence-corrected chi connectivity index (χ1v) is 12.0. The molecule has 6 aromatic heterocycles. The molecular weight excluding hydrogens is 442 g/mol. The normalized spacial score (nSPS) is 11.6. The summed E-state index contributed by atoms with van der Waals surface area (Å²) in [6.45, 7) is 6.33. The van der Waals surface area contributed by atoms with Crippen LogP contribution in [-0.2, 0) is 0 Å². The van der Waals surface area contributed by atoms with Crippen molar-refractivity contribution in [3.8, 4) is 33.2 Å². The van der Waals surface area contributed by atoms with E-state index < -0.39 is 0 Å². The van der Waals surface area contributed by atoms with Gasteiger partial charge in [0, 0.05) is 51.4 Å². The Morgan fingerprint density at radius 2 is 1.79 bits per heavy atom. The van der Waals surface area contributed by atoms with Crippen molar-refractivity contribution < 1.29 is 0 Å². The number of hydrogen-bond donors (Lipinski definition) is 3. The van der Waals surface area contributed by atoms with Gasteiger partial charge in [0.2, 0.25) is 0 Å². The molecule has 0 aliphatic carbocycles. The molecule has 0 aliphatic heterocycles. The van der Waals surface area contributed by atoms with E-state index in [2.05, 4.69) is 86.6 Å². The highest BCUT2D eigenvalue weighted by Gasteiger charge is 2.16. The van der Waals surface area contributed by atoms with Gasteiger partial charge in [-0.1, -0.05) is 0 Å². The summed E-state index contributed by atoms with van der Waals surface area (Å²) in [5.74, 6) is 0. The fraction of sp³-hybridized carbons (Fsp3) is 0.154. The number of nitrogens with one attached hydrogen (secondary N) is 3. The second kappa shape index (κ2) is 8.07. The third-order valence-corrected chi connectivity index (χ3v) is 6.72. The summed E-state index contributed by atoms with van der Waals surface area (Å²) in [6.07, 6.45) is 7.34. The quantitative estimate of drug-likeness (QED) is 0.273. The predicted molar refractivity (Wildman–Crippen MR) is 139 cm³/mol. The average Bonchev–Trinajstić information content (AvgIpc) is 3.55. The van der Waals surface area contributed by atoms with Crippen LogP contribution in [0.2, 0.25) is 0 Å². The molecule has 0 fully saturated rings. The molecule has 0 amide bonds. The minimum Gasteiger partial charge on any atom is -0.382 e. The van der Waals surface area contributed by atoms with E-state index in [0.717, 1.165) is 60.7 Å². The smallest absolute Gasteiger partial charge is 0.116 e. The molecule has 6 rings (SSSR count). The van der Waals surface area contributed by atoms with E-state index in [1.54, 1.807) is 11.3 Å². The topological polar surface area (TPSA) is 95.2 Å². The van der Waals surface area contributed by atoms with Gasteiger partial charge in [-0.3, -0.25) is 20.1 Å². The van der Waals surface area contributed by atoms with Gasteiger partial charge in [-0.2, -0.15) is 5.10 Å². The van der Waals surface area contributed by atoms with Gasteiger partial charge < -0.3 is 10.3 Å². The molecule has 3 N–H and O–H groups in total. The molecule has 0 aliphatic rings. The van der Waals surface area contributed by atoms with E-state index in [1.165, 1.54) is 4.88 Å². The van der Waals surface area contributed by atoms with Crippen molar-refractivity contribution in [3.05, 3.63) is 66.1 Å². The zero-order valence-corrected chi connectivity index (χ0v) is 19.9. The first-order valence-electron chi connectivity index (χ1n) is 11.2. The summed E-state index contributed by atoms with van der Waals surface area (Å²) in [7, 11) is 0. The SMILES string of the molecule is Cc1ccc(-c2nccc3[nH]c(-c4n[nH]c5cnc(-c6cncc(NC(C)C)c6)cc45)cc23)s1. The lowest BCUT2D eigenvalue weighted by molar-refractivity contribution is 0.898. The van der Waals surface area contributed by atoms with Crippen molar-refractivity contribution in [2.24, 2.45) is 0 Å². The second-order valence-corrected chi connectivity index (χ2v) is 9.95. The maximum absolute atomic E-state index is 4.67. The molecule has 0 unspecified atom stereocenters. The first-order chi connectivity index (χ1) is 16.5. The van der Waals surface area contributed by atoms with Crippen molar-refractivity contribution >= 4 is 38.8 Å². The van der Waals surface area contributed by atoms with Gasteiger partial charge >= 0.3 is 0 Å². The Balaban J connectivity index is 1.45. The fourth-order valence-electron chi connectivity index (χ4n) is 4.21. The molecule has 0 spiro atoms. The molecular formula is C26H23N7S. The summed E-state index contributed by atoms with van der Waals surface area (Å²) >= 11 is 1.75. The van der Waals surface area contributed by atoms with Crippen LogP contribution in [0.1, 0.15) is 18.7 Å². The van der Waals surface area contributed by atoms with Crippen LogP contribution in [0.25, 0.3) is 55.0 Å². The molecule has 0 atom stereocenters. The molecule has 168 valence electrons. The maximum atomic E-state index is 4.67. The predicted octanol–water partition coefficient (Wildman–Crippen LogP) is 6.42. The summed E-state index contributed by atoms with van der Waals surface area (Å²) in [5.41, 5.74) is 7.48.